The molecular formula is C19H33N3O3. The zero-order valence-corrected chi connectivity index (χ0v) is 15.4. The third-order valence-electron chi connectivity index (χ3n) is 5.96. The van der Waals surface area contributed by atoms with E-state index in [1.807, 2.05) is 4.90 Å². The van der Waals surface area contributed by atoms with E-state index in [2.05, 4.69) is 10.2 Å². The first-order chi connectivity index (χ1) is 12.2. The molecule has 6 nitrogen and oxygen atoms in total. The predicted octanol–water partition coefficient (Wildman–Crippen LogP) is 1.25. The quantitative estimate of drug-likeness (QED) is 0.810. The van der Waals surface area contributed by atoms with Crippen LogP contribution in [0.15, 0.2) is 0 Å². The third-order valence-corrected chi connectivity index (χ3v) is 5.96. The number of rotatable bonds is 5. The lowest BCUT2D eigenvalue weighted by Crippen LogP contribution is -2.46. The summed E-state index contributed by atoms with van der Waals surface area (Å²) in [6, 6.07) is 0. The molecule has 3 aliphatic rings. The van der Waals surface area contributed by atoms with Gasteiger partial charge in [-0.2, -0.15) is 0 Å². The van der Waals surface area contributed by atoms with Gasteiger partial charge in [0.25, 0.3) is 0 Å². The summed E-state index contributed by atoms with van der Waals surface area (Å²) in [7, 11) is 0. The lowest BCUT2D eigenvalue weighted by Gasteiger charge is -2.35. The number of ether oxygens (including phenoxy) is 1. The minimum Gasteiger partial charge on any atom is -0.379 e. The Morgan fingerprint density at radius 3 is 2.24 bits per heavy atom. The van der Waals surface area contributed by atoms with Gasteiger partial charge in [0.2, 0.25) is 11.8 Å². The number of carbonyl (C=O) groups excluding carboxylic acids is 2. The monoisotopic (exact) mass is 351 g/mol. The number of carbonyl (C=O) groups is 2. The van der Waals surface area contributed by atoms with Crippen molar-refractivity contribution in [2.24, 2.45) is 11.8 Å². The number of amides is 2. The molecule has 3 rings (SSSR count). The minimum atomic E-state index is 0.0695. The van der Waals surface area contributed by atoms with Crippen LogP contribution in [0.5, 0.6) is 0 Å². The van der Waals surface area contributed by atoms with Crippen LogP contribution in [0.2, 0.25) is 0 Å². The zero-order chi connectivity index (χ0) is 17.5. The number of nitrogens with one attached hydrogen (secondary N) is 1. The number of nitrogens with zero attached hydrogens (tertiary/aromatic N) is 2. The molecule has 6 heteroatoms. The molecule has 25 heavy (non-hydrogen) atoms. The largest absolute Gasteiger partial charge is 0.379 e. The fourth-order valence-corrected chi connectivity index (χ4v) is 4.28. The molecule has 0 aromatic carbocycles. The van der Waals surface area contributed by atoms with Gasteiger partial charge >= 0.3 is 0 Å². The van der Waals surface area contributed by atoms with Gasteiger partial charge in [-0.3, -0.25) is 14.5 Å². The van der Waals surface area contributed by atoms with Crippen LogP contribution < -0.4 is 5.32 Å². The van der Waals surface area contributed by atoms with Crippen LogP contribution >= 0.6 is 0 Å². The average Bonchev–Trinajstić information content (AvgIpc) is 2.69. The van der Waals surface area contributed by atoms with Crippen LogP contribution in [0.1, 0.15) is 44.9 Å². The summed E-state index contributed by atoms with van der Waals surface area (Å²) >= 11 is 0. The van der Waals surface area contributed by atoms with Gasteiger partial charge in [-0.15, -0.1) is 0 Å². The Bertz CT molecular complexity index is 437. The molecule has 2 saturated heterocycles. The summed E-state index contributed by atoms with van der Waals surface area (Å²) in [4.78, 5) is 29.3. The number of morpholine rings is 1. The number of piperidine rings is 1. The highest BCUT2D eigenvalue weighted by Gasteiger charge is 2.31. The fourth-order valence-electron chi connectivity index (χ4n) is 4.28. The topological polar surface area (TPSA) is 61.9 Å². The van der Waals surface area contributed by atoms with Crippen LogP contribution in [-0.2, 0) is 14.3 Å². The molecule has 0 bridgehead atoms. The second-order valence-electron chi connectivity index (χ2n) is 7.68. The lowest BCUT2D eigenvalue weighted by atomic mass is 9.87. The maximum absolute atomic E-state index is 12.6. The maximum Gasteiger partial charge on any atom is 0.225 e. The van der Waals surface area contributed by atoms with E-state index in [9.17, 15) is 9.59 Å². The van der Waals surface area contributed by atoms with Gasteiger partial charge < -0.3 is 15.0 Å². The van der Waals surface area contributed by atoms with Gasteiger partial charge in [-0.05, 0) is 25.7 Å². The summed E-state index contributed by atoms with van der Waals surface area (Å²) in [5.41, 5.74) is 0. The summed E-state index contributed by atoms with van der Waals surface area (Å²) in [6.45, 7) is 6.60. The van der Waals surface area contributed by atoms with Gasteiger partial charge in [0, 0.05) is 51.1 Å². The van der Waals surface area contributed by atoms with E-state index >= 15 is 0 Å². The Kier molecular flexibility index (Phi) is 7.11. The molecule has 142 valence electrons. The normalized spacial score (nSPS) is 24.2. The summed E-state index contributed by atoms with van der Waals surface area (Å²) in [5, 5.41) is 3.08. The SMILES string of the molecule is O=C(NCCN1CCOCC1)C1CCN(C(=O)C2CCCCC2)CC1. The standard InChI is InChI=1S/C19H33N3O3/c23-18(20-8-11-21-12-14-25-15-13-21)16-6-9-22(10-7-16)19(24)17-4-2-1-3-5-17/h16-17H,1-15H2,(H,20,23). The Hall–Kier alpha value is -1.14. The average molecular weight is 351 g/mol. The number of hydrogen-bond acceptors (Lipinski definition) is 4. The van der Waals surface area contributed by atoms with Crippen molar-refractivity contribution >= 4 is 11.8 Å². The Labute approximate surface area is 151 Å². The zero-order valence-electron chi connectivity index (χ0n) is 15.4. The summed E-state index contributed by atoms with van der Waals surface area (Å²) < 4.78 is 5.33. The van der Waals surface area contributed by atoms with Gasteiger partial charge in [0.05, 0.1) is 13.2 Å². The van der Waals surface area contributed by atoms with Crippen LogP contribution in [-0.4, -0.2) is 74.1 Å². The van der Waals surface area contributed by atoms with E-state index in [1.165, 1.54) is 19.3 Å². The summed E-state index contributed by atoms with van der Waals surface area (Å²) in [5.74, 6) is 0.816. The van der Waals surface area contributed by atoms with Gasteiger partial charge in [0.1, 0.15) is 0 Å². The Balaban J connectivity index is 1.33. The third kappa shape index (κ3) is 5.42. The van der Waals surface area contributed by atoms with Crippen molar-refractivity contribution in [1.82, 2.24) is 15.1 Å². The molecule has 0 spiro atoms. The maximum atomic E-state index is 12.6. The van der Waals surface area contributed by atoms with Gasteiger partial charge in [0.15, 0.2) is 0 Å². The first kappa shape index (κ1) is 18.6. The predicted molar refractivity (Wildman–Crippen MR) is 96.1 cm³/mol. The van der Waals surface area contributed by atoms with Crippen LogP contribution in [0.25, 0.3) is 0 Å². The van der Waals surface area contributed by atoms with E-state index in [4.69, 9.17) is 4.74 Å². The second-order valence-corrected chi connectivity index (χ2v) is 7.68. The fraction of sp³-hybridized carbons (Fsp3) is 0.895. The molecule has 1 N–H and O–H groups in total. The highest BCUT2D eigenvalue weighted by atomic mass is 16.5. The number of hydrogen-bond donors (Lipinski definition) is 1. The molecule has 0 aromatic heterocycles. The molecule has 0 atom stereocenters. The molecular weight excluding hydrogens is 318 g/mol. The van der Waals surface area contributed by atoms with Crippen molar-refractivity contribution in [2.45, 2.75) is 44.9 Å². The van der Waals surface area contributed by atoms with Crippen molar-refractivity contribution in [2.75, 3.05) is 52.5 Å². The molecule has 1 aliphatic carbocycles. The van der Waals surface area contributed by atoms with E-state index in [1.54, 1.807) is 0 Å². The summed E-state index contributed by atoms with van der Waals surface area (Å²) in [6.07, 6.45) is 7.39. The van der Waals surface area contributed by atoms with E-state index in [0.717, 1.165) is 71.6 Å². The van der Waals surface area contributed by atoms with Crippen LogP contribution in [0.3, 0.4) is 0 Å². The van der Waals surface area contributed by atoms with Crippen molar-refractivity contribution in [1.29, 1.82) is 0 Å². The molecule has 2 aliphatic heterocycles. The lowest BCUT2D eigenvalue weighted by molar-refractivity contribution is -0.140. The van der Waals surface area contributed by atoms with Crippen LogP contribution in [0, 0.1) is 11.8 Å². The minimum absolute atomic E-state index is 0.0695. The molecule has 0 unspecified atom stereocenters. The first-order valence-electron chi connectivity index (χ1n) is 10.1. The molecule has 2 amide bonds. The molecule has 0 radical (unpaired) electrons. The molecule has 0 aromatic rings. The highest BCUT2D eigenvalue weighted by Crippen LogP contribution is 2.27. The highest BCUT2D eigenvalue weighted by molar-refractivity contribution is 5.81. The molecule has 2 heterocycles. The smallest absolute Gasteiger partial charge is 0.225 e. The van der Waals surface area contributed by atoms with E-state index in [-0.39, 0.29) is 17.7 Å². The van der Waals surface area contributed by atoms with E-state index in [0.29, 0.717) is 12.5 Å². The Morgan fingerprint density at radius 2 is 1.56 bits per heavy atom. The van der Waals surface area contributed by atoms with Gasteiger partial charge in [-0.25, -0.2) is 0 Å². The van der Waals surface area contributed by atoms with Crippen molar-refractivity contribution < 1.29 is 14.3 Å². The Morgan fingerprint density at radius 1 is 0.880 bits per heavy atom. The van der Waals surface area contributed by atoms with Crippen molar-refractivity contribution in [3.05, 3.63) is 0 Å². The molecule has 3 fully saturated rings. The molecule has 1 saturated carbocycles. The van der Waals surface area contributed by atoms with Crippen molar-refractivity contribution in [3.8, 4) is 0 Å². The van der Waals surface area contributed by atoms with Gasteiger partial charge in [-0.1, -0.05) is 19.3 Å². The number of likely N-dealkylation sites (tertiary alicyclic amines) is 1. The van der Waals surface area contributed by atoms with E-state index < -0.39 is 0 Å². The van der Waals surface area contributed by atoms with Crippen LogP contribution in [0.4, 0.5) is 0 Å². The first-order valence-corrected chi connectivity index (χ1v) is 10.1. The van der Waals surface area contributed by atoms with Crippen molar-refractivity contribution in [3.63, 3.8) is 0 Å². The second kappa shape index (κ2) is 9.53.